The number of carbonyl (C=O) groups excluding carboxylic acids is 2. The summed E-state index contributed by atoms with van der Waals surface area (Å²) in [6, 6.07) is -1.08. The van der Waals surface area contributed by atoms with E-state index in [-0.39, 0.29) is 6.42 Å². The lowest BCUT2D eigenvalue weighted by molar-refractivity contribution is -0.128. The predicted octanol–water partition coefficient (Wildman–Crippen LogP) is 1.56. The average Bonchev–Trinajstić information content (AvgIpc) is 2.38. The summed E-state index contributed by atoms with van der Waals surface area (Å²) >= 11 is 0. The topological polar surface area (TPSA) is 49.4 Å². The lowest BCUT2D eigenvalue weighted by atomic mass is 10.3. The quantitative estimate of drug-likeness (QED) is 0.748. The van der Waals surface area contributed by atoms with Crippen molar-refractivity contribution in [2.45, 2.75) is 12.6 Å². The number of rotatable bonds is 1. The highest BCUT2D eigenvalue weighted by molar-refractivity contribution is 5.96. The standard InChI is InChI=1S/C9H9F3N2O2/c10-9(11,12)6-13-8(16)14-5-3-1-2-4-7(14)15/h1-3,5H,4,6H2,(H,13,16). The van der Waals surface area contributed by atoms with E-state index in [9.17, 15) is 22.8 Å². The number of halogens is 3. The number of urea groups is 1. The number of nitrogens with zero attached hydrogens (tertiary/aromatic N) is 1. The zero-order valence-electron chi connectivity index (χ0n) is 8.12. The van der Waals surface area contributed by atoms with Crippen LogP contribution >= 0.6 is 0 Å². The fourth-order valence-corrected chi connectivity index (χ4v) is 1.01. The second-order valence-corrected chi connectivity index (χ2v) is 3.01. The lowest BCUT2D eigenvalue weighted by Gasteiger charge is -2.16. The Morgan fingerprint density at radius 2 is 2.12 bits per heavy atom. The Morgan fingerprint density at radius 3 is 2.75 bits per heavy atom. The normalized spacial score (nSPS) is 16.2. The molecule has 0 radical (unpaired) electrons. The molecule has 0 unspecified atom stereocenters. The van der Waals surface area contributed by atoms with Crippen molar-refractivity contribution in [1.29, 1.82) is 0 Å². The molecule has 0 aromatic rings. The van der Waals surface area contributed by atoms with Crippen LogP contribution in [0.15, 0.2) is 24.4 Å². The number of imide groups is 1. The summed E-state index contributed by atoms with van der Waals surface area (Å²) in [5.41, 5.74) is 0. The Hall–Kier alpha value is -1.79. The van der Waals surface area contributed by atoms with E-state index in [2.05, 4.69) is 0 Å². The SMILES string of the molecule is O=C1CC=CC=CN1C(=O)NCC(F)(F)F. The van der Waals surface area contributed by atoms with Crippen molar-refractivity contribution in [1.82, 2.24) is 10.2 Å². The van der Waals surface area contributed by atoms with Crippen LogP contribution in [0.25, 0.3) is 0 Å². The molecule has 0 saturated heterocycles. The maximum Gasteiger partial charge on any atom is 0.405 e. The van der Waals surface area contributed by atoms with Gasteiger partial charge in [-0.3, -0.25) is 4.79 Å². The summed E-state index contributed by atoms with van der Waals surface area (Å²) in [5, 5.41) is 1.61. The van der Waals surface area contributed by atoms with Gasteiger partial charge in [0.05, 0.1) is 0 Å². The maximum absolute atomic E-state index is 11.8. The number of hydrogen-bond acceptors (Lipinski definition) is 2. The first kappa shape index (κ1) is 12.3. The van der Waals surface area contributed by atoms with Crippen molar-refractivity contribution >= 4 is 11.9 Å². The van der Waals surface area contributed by atoms with Crippen LogP contribution in [0.4, 0.5) is 18.0 Å². The number of amides is 3. The van der Waals surface area contributed by atoms with Crippen LogP contribution < -0.4 is 5.32 Å². The number of carbonyl (C=O) groups is 2. The number of nitrogens with one attached hydrogen (secondary N) is 1. The fourth-order valence-electron chi connectivity index (χ4n) is 1.01. The zero-order chi connectivity index (χ0) is 12.2. The van der Waals surface area contributed by atoms with E-state index < -0.39 is 24.7 Å². The third-order valence-electron chi connectivity index (χ3n) is 1.70. The molecule has 3 amide bonds. The second kappa shape index (κ2) is 4.82. The molecule has 0 aliphatic carbocycles. The molecule has 0 aromatic heterocycles. The first-order chi connectivity index (χ1) is 7.40. The van der Waals surface area contributed by atoms with E-state index in [0.29, 0.717) is 4.90 Å². The monoisotopic (exact) mass is 234 g/mol. The fraction of sp³-hybridized carbons (Fsp3) is 0.333. The molecule has 0 fully saturated rings. The van der Waals surface area contributed by atoms with E-state index in [4.69, 9.17) is 0 Å². The Kier molecular flexibility index (Phi) is 3.70. The summed E-state index contributed by atoms with van der Waals surface area (Å²) in [4.78, 5) is 23.1. The molecule has 1 heterocycles. The van der Waals surface area contributed by atoms with Crippen LogP contribution in [0.2, 0.25) is 0 Å². The van der Waals surface area contributed by atoms with Gasteiger partial charge in [0.25, 0.3) is 0 Å². The smallest absolute Gasteiger partial charge is 0.328 e. The highest BCUT2D eigenvalue weighted by Crippen LogP contribution is 2.12. The average molecular weight is 234 g/mol. The van der Waals surface area contributed by atoms with Crippen LogP contribution in [0, 0.1) is 0 Å². The van der Waals surface area contributed by atoms with E-state index in [1.54, 1.807) is 5.32 Å². The number of hydrogen-bond donors (Lipinski definition) is 1. The minimum absolute atomic E-state index is 0.0214. The van der Waals surface area contributed by atoms with E-state index in [1.165, 1.54) is 18.2 Å². The summed E-state index contributed by atoms with van der Waals surface area (Å²) < 4.78 is 35.4. The van der Waals surface area contributed by atoms with Gasteiger partial charge in [-0.05, 0) is 6.08 Å². The predicted molar refractivity (Wildman–Crippen MR) is 49.2 cm³/mol. The van der Waals surface area contributed by atoms with Crippen molar-refractivity contribution < 1.29 is 22.8 Å². The van der Waals surface area contributed by atoms with Crippen molar-refractivity contribution in [3.05, 3.63) is 24.4 Å². The third kappa shape index (κ3) is 3.76. The highest BCUT2D eigenvalue weighted by atomic mass is 19.4. The van der Waals surface area contributed by atoms with Gasteiger partial charge in [0, 0.05) is 12.6 Å². The molecule has 16 heavy (non-hydrogen) atoms. The van der Waals surface area contributed by atoms with Crippen LogP contribution in [0.1, 0.15) is 6.42 Å². The molecule has 1 rings (SSSR count). The van der Waals surface area contributed by atoms with E-state index in [0.717, 1.165) is 6.20 Å². The summed E-state index contributed by atoms with van der Waals surface area (Å²) in [5.74, 6) is -0.579. The molecule has 1 aliphatic heterocycles. The lowest BCUT2D eigenvalue weighted by Crippen LogP contribution is -2.43. The van der Waals surface area contributed by atoms with Gasteiger partial charge in [-0.2, -0.15) is 13.2 Å². The number of alkyl halides is 3. The summed E-state index contributed by atoms with van der Waals surface area (Å²) in [7, 11) is 0. The van der Waals surface area contributed by atoms with Gasteiger partial charge in [0.1, 0.15) is 6.54 Å². The van der Waals surface area contributed by atoms with Gasteiger partial charge in [0.2, 0.25) is 5.91 Å². The van der Waals surface area contributed by atoms with Gasteiger partial charge >= 0.3 is 12.2 Å². The van der Waals surface area contributed by atoms with Crippen molar-refractivity contribution in [3.8, 4) is 0 Å². The maximum atomic E-state index is 11.8. The third-order valence-corrected chi connectivity index (χ3v) is 1.70. The molecule has 0 atom stereocenters. The van der Waals surface area contributed by atoms with E-state index >= 15 is 0 Å². The van der Waals surface area contributed by atoms with Crippen LogP contribution in [-0.4, -0.2) is 29.6 Å². The summed E-state index contributed by atoms with van der Waals surface area (Å²) in [6.07, 6.45) is 1.05. The number of allylic oxidation sites excluding steroid dienone is 2. The molecular formula is C9H9F3N2O2. The molecule has 0 spiro atoms. The molecule has 88 valence electrons. The summed E-state index contributed by atoms with van der Waals surface area (Å²) in [6.45, 7) is -1.46. The van der Waals surface area contributed by atoms with Gasteiger partial charge in [-0.1, -0.05) is 12.2 Å². The molecule has 4 nitrogen and oxygen atoms in total. The largest absolute Gasteiger partial charge is 0.405 e. The zero-order valence-corrected chi connectivity index (χ0v) is 8.12. The van der Waals surface area contributed by atoms with Crippen molar-refractivity contribution in [2.24, 2.45) is 0 Å². The van der Waals surface area contributed by atoms with Crippen molar-refractivity contribution in [3.63, 3.8) is 0 Å². The minimum Gasteiger partial charge on any atom is -0.328 e. The van der Waals surface area contributed by atoms with Crippen molar-refractivity contribution in [2.75, 3.05) is 6.54 Å². The Bertz CT molecular complexity index is 347. The highest BCUT2D eigenvalue weighted by Gasteiger charge is 2.29. The van der Waals surface area contributed by atoms with Gasteiger partial charge in [0.15, 0.2) is 0 Å². The minimum atomic E-state index is -4.49. The molecular weight excluding hydrogens is 225 g/mol. The second-order valence-electron chi connectivity index (χ2n) is 3.01. The van der Waals surface area contributed by atoms with Gasteiger partial charge in [-0.15, -0.1) is 0 Å². The first-order valence-corrected chi connectivity index (χ1v) is 4.40. The van der Waals surface area contributed by atoms with Crippen LogP contribution in [0.3, 0.4) is 0 Å². The molecule has 0 saturated carbocycles. The Labute approximate surface area is 89.4 Å². The Balaban J connectivity index is 2.57. The molecule has 0 bridgehead atoms. The van der Waals surface area contributed by atoms with Gasteiger partial charge in [-0.25, -0.2) is 9.69 Å². The van der Waals surface area contributed by atoms with Gasteiger partial charge < -0.3 is 5.32 Å². The molecule has 1 N–H and O–H groups in total. The van der Waals surface area contributed by atoms with Crippen LogP contribution in [-0.2, 0) is 4.79 Å². The first-order valence-electron chi connectivity index (χ1n) is 4.40. The Morgan fingerprint density at radius 1 is 1.44 bits per heavy atom. The molecule has 0 aromatic carbocycles. The molecule has 1 aliphatic rings. The van der Waals surface area contributed by atoms with Crippen LogP contribution in [0.5, 0.6) is 0 Å². The van der Waals surface area contributed by atoms with E-state index in [1.807, 2.05) is 0 Å². The molecule has 7 heteroatoms.